The summed E-state index contributed by atoms with van der Waals surface area (Å²) >= 11 is 0. The molecular formula is C68H105N3O12PS-. The van der Waals surface area contributed by atoms with E-state index in [1.54, 1.807) is 12.1 Å². The molecule has 0 bridgehead atoms. The summed E-state index contributed by atoms with van der Waals surface area (Å²) in [4.78, 5) is 40.7. The standard InChI is InChI=1S/C68H106N3O12PS/c1-7-13-15-17-19-21-23-25-27-29-31-33-35-37-39-41-66(72)79-54-59(82-67(73)42-40-38-36-34-32-30-28-26-24-22-20-18-16-14-8-2)55-81-84(74,75)80-50-49-69-56-43-46-62(65(51-56)85(76,77)78)68-60-47-44-57(70(9-3)10-4)52-63(60)83-64-53-58(45-48-61(64)68)71(11-5)12-6/h25-28,43-48,51-53,59H,7-24,29-42,49-50,54-55H2,1-6H3,(H2,74,75,76,77,78)/p-1/b27-25-,28-26-/t59-/m1/s1. The molecule has 1 aliphatic carbocycles. The fraction of sp³-hybridized carbons (Fsp3) is 0.632. The van der Waals surface area contributed by atoms with E-state index in [4.69, 9.17) is 22.9 Å². The number of ether oxygens (including phenoxy) is 2. The van der Waals surface area contributed by atoms with E-state index in [-0.39, 0.29) is 37.2 Å². The van der Waals surface area contributed by atoms with Gasteiger partial charge in [-0.1, -0.05) is 147 Å². The molecule has 17 heteroatoms. The summed E-state index contributed by atoms with van der Waals surface area (Å²) in [5.74, 6) is -0.502. The molecule has 0 fully saturated rings. The molecule has 4 rings (SSSR count). The van der Waals surface area contributed by atoms with Crippen LogP contribution in [-0.2, 0) is 42.8 Å². The lowest BCUT2D eigenvalue weighted by molar-refractivity contribution is -0.228. The number of esters is 2. The highest BCUT2D eigenvalue weighted by molar-refractivity contribution is 7.86. The third-order valence-electron chi connectivity index (χ3n) is 15.6. The second-order valence-electron chi connectivity index (χ2n) is 22.3. The predicted octanol–water partition coefficient (Wildman–Crippen LogP) is 16.2. The van der Waals surface area contributed by atoms with Crippen molar-refractivity contribution in [2.45, 2.75) is 232 Å². The molecule has 2 aliphatic rings. The zero-order chi connectivity index (χ0) is 61.6. The number of phosphoric acid groups is 1. The van der Waals surface area contributed by atoms with Gasteiger partial charge in [0.2, 0.25) is 5.36 Å². The number of benzene rings is 3. The second-order valence-corrected chi connectivity index (χ2v) is 25.1. The molecule has 0 aromatic heterocycles. The van der Waals surface area contributed by atoms with Crippen LogP contribution in [0, 0.1) is 0 Å². The molecule has 0 amide bonds. The zero-order valence-electron chi connectivity index (χ0n) is 52.7. The molecule has 1 heterocycles. The molecule has 0 saturated heterocycles. The Kier molecular flexibility index (Phi) is 36.0. The first kappa shape index (κ1) is 72.6. The second kappa shape index (κ2) is 42.1. The first-order chi connectivity index (χ1) is 41.2. The largest absolute Gasteiger partial charge is 0.756 e. The van der Waals surface area contributed by atoms with Gasteiger partial charge in [-0.05, 0) is 122 Å². The maximum Gasteiger partial charge on any atom is 0.306 e. The summed E-state index contributed by atoms with van der Waals surface area (Å²) in [6, 6.07) is 15.9. The molecule has 2 aromatic carbocycles. The number of unbranched alkanes of at least 4 members (excludes halogenated alkanes) is 22. The smallest absolute Gasteiger partial charge is 0.306 e. The van der Waals surface area contributed by atoms with E-state index in [0.717, 1.165) is 114 Å². The van der Waals surface area contributed by atoms with E-state index >= 15 is 0 Å². The number of hydrogen-bond donors (Lipinski definition) is 1. The third kappa shape index (κ3) is 28.3. The molecule has 1 aliphatic heterocycles. The quantitative estimate of drug-likeness (QED) is 0.00833. The molecule has 85 heavy (non-hydrogen) atoms. The number of nitrogens with zero attached hydrogens (tertiary/aromatic N) is 2. The van der Waals surface area contributed by atoms with E-state index in [9.17, 15) is 32.0 Å². The van der Waals surface area contributed by atoms with Gasteiger partial charge < -0.3 is 42.6 Å². The molecule has 0 radical (unpaired) electrons. The summed E-state index contributed by atoms with van der Waals surface area (Å²) < 4.78 is 82.8. The number of nitrogens with one attached hydrogen (secondary N) is 1. The molecule has 1 N–H and O–H groups in total. The number of allylic oxidation sites excluding steroid dienone is 4. The van der Waals surface area contributed by atoms with Gasteiger partial charge >= 0.3 is 11.9 Å². The highest BCUT2D eigenvalue weighted by Crippen LogP contribution is 2.44. The van der Waals surface area contributed by atoms with Crippen molar-refractivity contribution in [1.29, 1.82) is 0 Å². The van der Waals surface area contributed by atoms with Crippen LogP contribution in [0.3, 0.4) is 0 Å². The fourth-order valence-electron chi connectivity index (χ4n) is 10.6. The van der Waals surface area contributed by atoms with Crippen LogP contribution >= 0.6 is 7.82 Å². The van der Waals surface area contributed by atoms with Crippen LogP contribution in [0.5, 0.6) is 0 Å². The fourth-order valence-corrected chi connectivity index (χ4v) is 12.1. The van der Waals surface area contributed by atoms with Crippen molar-refractivity contribution in [3.05, 3.63) is 84.3 Å². The lowest BCUT2D eigenvalue weighted by Gasteiger charge is -2.26. The minimum atomic E-state index is -5.08. The van der Waals surface area contributed by atoms with E-state index in [1.807, 2.05) is 36.4 Å². The van der Waals surface area contributed by atoms with Crippen molar-refractivity contribution in [3.8, 4) is 22.5 Å². The van der Waals surface area contributed by atoms with Crippen LogP contribution in [0.25, 0.3) is 33.4 Å². The van der Waals surface area contributed by atoms with Crippen molar-refractivity contribution in [3.63, 3.8) is 0 Å². The van der Waals surface area contributed by atoms with Gasteiger partial charge in [0.15, 0.2) is 6.10 Å². The Bertz CT molecular complexity index is 2800. The van der Waals surface area contributed by atoms with Gasteiger partial charge in [-0.3, -0.25) is 14.2 Å². The number of carbonyl (C=O) groups is 2. The van der Waals surface area contributed by atoms with Gasteiger partial charge in [0, 0.05) is 78.1 Å². The summed E-state index contributed by atoms with van der Waals surface area (Å²) in [6.07, 6.45) is 37.5. The van der Waals surface area contributed by atoms with Crippen molar-refractivity contribution in [2.75, 3.05) is 62.8 Å². The van der Waals surface area contributed by atoms with Gasteiger partial charge in [-0.2, -0.15) is 0 Å². The minimum Gasteiger partial charge on any atom is -0.756 e. The molecule has 0 spiro atoms. The maximum absolute atomic E-state index is 13.1. The third-order valence-corrected chi connectivity index (χ3v) is 17.4. The Morgan fingerprint density at radius 3 is 1.71 bits per heavy atom. The van der Waals surface area contributed by atoms with Crippen molar-refractivity contribution < 1.29 is 55.0 Å². The lowest BCUT2D eigenvalue weighted by Crippen LogP contribution is -2.30. The van der Waals surface area contributed by atoms with Crippen molar-refractivity contribution in [2.24, 2.45) is 0 Å². The molecule has 2 atom stereocenters. The molecule has 2 aromatic rings. The Labute approximate surface area is 511 Å². The normalized spacial score (nSPS) is 13.0. The van der Waals surface area contributed by atoms with Gasteiger partial charge in [0.25, 0.3) is 7.82 Å². The summed E-state index contributed by atoms with van der Waals surface area (Å²) in [7, 11) is -10.1. The highest BCUT2D eigenvalue weighted by atomic mass is 32.2. The average molecular weight is 1220 g/mol. The number of carbonyl (C=O) groups excluding carboxylic acids is 2. The van der Waals surface area contributed by atoms with E-state index in [1.165, 1.54) is 83.1 Å². The Morgan fingerprint density at radius 1 is 0.635 bits per heavy atom. The SMILES string of the molecule is CCCCCCCC/C=C\CCCCCCCC(=O)OC[C@H](COP(=O)([O-])OCCNc1ccc(-c2c3ccc(=[N+](CC)CC)cc-3oc3cc(N(CC)CC)ccc23)c(S(=O)(=O)[O-])c1)OC(=O)CCCCCCC/C=C\CCCCCCCC. The van der Waals surface area contributed by atoms with Crippen molar-refractivity contribution >= 4 is 52.2 Å². The molecule has 0 saturated carbocycles. The monoisotopic (exact) mass is 1220 g/mol. The van der Waals surface area contributed by atoms with Crippen LogP contribution in [-0.4, -0.2) is 83.6 Å². The first-order valence-corrected chi connectivity index (χ1v) is 35.5. The Morgan fingerprint density at radius 2 is 1.16 bits per heavy atom. The van der Waals surface area contributed by atoms with Crippen LogP contribution in [0.4, 0.5) is 11.4 Å². The minimum absolute atomic E-state index is 0.120. The number of hydrogen-bond acceptors (Lipinski definition) is 14. The van der Waals surface area contributed by atoms with Crippen LogP contribution in [0.2, 0.25) is 0 Å². The topological polar surface area (TPSA) is 200 Å². The zero-order valence-corrected chi connectivity index (χ0v) is 54.4. The maximum atomic E-state index is 13.1. The summed E-state index contributed by atoms with van der Waals surface area (Å²) in [6.45, 7) is 14.2. The van der Waals surface area contributed by atoms with E-state index in [2.05, 4.69) is 80.6 Å². The molecule has 15 nitrogen and oxygen atoms in total. The summed E-state index contributed by atoms with van der Waals surface area (Å²) in [5, 5.41) is 4.52. The average Bonchev–Trinajstić information content (AvgIpc) is 3.50. The number of fused-ring (bicyclic) bond motifs is 2. The van der Waals surface area contributed by atoms with E-state index < -0.39 is 54.1 Å². The molecule has 1 unspecified atom stereocenters. The van der Waals surface area contributed by atoms with Crippen molar-refractivity contribution in [1.82, 2.24) is 4.58 Å². The summed E-state index contributed by atoms with van der Waals surface area (Å²) in [5.41, 5.74) is 2.99. The van der Waals surface area contributed by atoms with Crippen LogP contribution < -0.4 is 25.0 Å². The Balaban J connectivity index is 1.34. The van der Waals surface area contributed by atoms with Gasteiger partial charge in [0.05, 0.1) is 24.2 Å². The Hall–Kier alpha value is -4.83. The van der Waals surface area contributed by atoms with Gasteiger partial charge in [-0.25, -0.2) is 13.0 Å². The first-order valence-electron chi connectivity index (χ1n) is 32.6. The predicted molar refractivity (Wildman–Crippen MR) is 344 cm³/mol. The highest BCUT2D eigenvalue weighted by Gasteiger charge is 2.25. The lowest BCUT2D eigenvalue weighted by atomic mass is 9.93. The van der Waals surface area contributed by atoms with Crippen LogP contribution in [0.15, 0.2) is 88.2 Å². The molecular weight excluding hydrogens is 1110 g/mol. The van der Waals surface area contributed by atoms with Gasteiger partial charge in [-0.15, -0.1) is 0 Å². The van der Waals surface area contributed by atoms with Gasteiger partial charge in [0.1, 0.15) is 41.2 Å². The number of rotatable bonds is 48. The number of phosphoric ester groups is 1. The number of anilines is 2. The van der Waals surface area contributed by atoms with E-state index in [0.29, 0.717) is 40.7 Å². The molecule has 476 valence electrons. The van der Waals surface area contributed by atoms with Crippen LogP contribution in [0.1, 0.15) is 221 Å².